The van der Waals surface area contributed by atoms with Gasteiger partial charge in [0.15, 0.2) is 0 Å². The highest BCUT2D eigenvalue weighted by atomic mass is 32.2. The molecule has 0 bridgehead atoms. The highest BCUT2D eigenvalue weighted by Gasteiger charge is 2.49. The first-order valence-corrected chi connectivity index (χ1v) is 10.0. The number of aromatic nitrogens is 4. The van der Waals surface area contributed by atoms with Crippen LogP contribution in [0, 0.1) is 11.3 Å². The van der Waals surface area contributed by atoms with Crippen LogP contribution in [-0.4, -0.2) is 51.3 Å². The van der Waals surface area contributed by atoms with Gasteiger partial charge in [-0.05, 0) is 6.92 Å². The number of nitriles is 1. The lowest BCUT2D eigenvalue weighted by Gasteiger charge is -2.47. The standard InChI is InChI=1S/C17H18N6O2S/c1-2-26(24,25)22-10-17(11-22,6-7-18)23-9-13(8-21-23)16-14-4-3-5-15(14)19-12-20-16/h3-4,8-9,12H,2,5-6,10-11H2,1H3. The molecule has 0 aromatic carbocycles. The topological polar surface area (TPSA) is 105 Å². The molecule has 8 nitrogen and oxygen atoms in total. The van der Waals surface area contributed by atoms with Gasteiger partial charge in [-0.1, -0.05) is 12.2 Å². The van der Waals surface area contributed by atoms with Gasteiger partial charge < -0.3 is 0 Å². The Labute approximate surface area is 151 Å². The summed E-state index contributed by atoms with van der Waals surface area (Å²) in [5.41, 5.74) is 2.99. The van der Waals surface area contributed by atoms with Crippen molar-refractivity contribution >= 4 is 16.1 Å². The van der Waals surface area contributed by atoms with E-state index in [-0.39, 0.29) is 25.3 Å². The zero-order chi connectivity index (χ0) is 18.4. The molecule has 1 aliphatic carbocycles. The van der Waals surface area contributed by atoms with Crippen LogP contribution in [0.4, 0.5) is 0 Å². The van der Waals surface area contributed by atoms with Gasteiger partial charge in [0, 0.05) is 36.8 Å². The second-order valence-electron chi connectivity index (χ2n) is 6.59. The van der Waals surface area contributed by atoms with Gasteiger partial charge in [0.1, 0.15) is 11.9 Å². The SMILES string of the molecule is CCS(=O)(=O)N1CC(CC#N)(n2cc(-c3ncnc4c3C=CC4)cn2)C1. The summed E-state index contributed by atoms with van der Waals surface area (Å²) in [6, 6.07) is 2.17. The van der Waals surface area contributed by atoms with Crippen LogP contribution < -0.4 is 0 Å². The van der Waals surface area contributed by atoms with Crippen LogP contribution in [0.5, 0.6) is 0 Å². The van der Waals surface area contributed by atoms with Gasteiger partial charge in [0.25, 0.3) is 0 Å². The first kappa shape index (κ1) is 16.9. The van der Waals surface area contributed by atoms with Crippen LogP contribution in [0.2, 0.25) is 0 Å². The molecule has 134 valence electrons. The molecule has 1 aliphatic heterocycles. The van der Waals surface area contributed by atoms with E-state index < -0.39 is 15.6 Å². The lowest BCUT2D eigenvalue weighted by molar-refractivity contribution is 0.0719. The van der Waals surface area contributed by atoms with E-state index in [0.29, 0.717) is 0 Å². The van der Waals surface area contributed by atoms with Crippen molar-refractivity contribution in [1.82, 2.24) is 24.1 Å². The number of hydrogen-bond donors (Lipinski definition) is 0. The summed E-state index contributed by atoms with van der Waals surface area (Å²) in [7, 11) is -3.26. The number of allylic oxidation sites excluding steroid dienone is 1. The molecular weight excluding hydrogens is 352 g/mol. The fourth-order valence-corrected chi connectivity index (χ4v) is 4.71. The van der Waals surface area contributed by atoms with Crippen molar-refractivity contribution in [2.45, 2.75) is 25.3 Å². The highest BCUT2D eigenvalue weighted by Crippen LogP contribution is 2.36. The molecule has 2 aliphatic rings. The first-order valence-electron chi connectivity index (χ1n) is 8.40. The zero-order valence-electron chi connectivity index (χ0n) is 14.3. The maximum absolute atomic E-state index is 12.0. The van der Waals surface area contributed by atoms with Gasteiger partial charge in [-0.3, -0.25) is 4.68 Å². The maximum atomic E-state index is 12.0. The summed E-state index contributed by atoms with van der Waals surface area (Å²) in [5, 5.41) is 13.7. The third kappa shape index (κ3) is 2.53. The minimum atomic E-state index is -3.26. The Hall–Kier alpha value is -2.57. The second-order valence-corrected chi connectivity index (χ2v) is 8.85. The summed E-state index contributed by atoms with van der Waals surface area (Å²) >= 11 is 0. The summed E-state index contributed by atoms with van der Waals surface area (Å²) in [4.78, 5) is 8.67. The third-order valence-corrected chi connectivity index (χ3v) is 6.79. The molecular formula is C17H18N6O2S. The Morgan fingerprint density at radius 1 is 1.35 bits per heavy atom. The van der Waals surface area contributed by atoms with Crippen molar-refractivity contribution in [3.8, 4) is 17.3 Å². The average molecular weight is 370 g/mol. The molecule has 26 heavy (non-hydrogen) atoms. The molecule has 0 N–H and O–H groups in total. The molecule has 0 amide bonds. The van der Waals surface area contributed by atoms with E-state index in [2.05, 4.69) is 21.1 Å². The number of nitrogens with zero attached hydrogens (tertiary/aromatic N) is 6. The van der Waals surface area contributed by atoms with Crippen molar-refractivity contribution in [3.63, 3.8) is 0 Å². The highest BCUT2D eigenvalue weighted by molar-refractivity contribution is 7.89. The fraction of sp³-hybridized carbons (Fsp3) is 0.412. The Balaban J connectivity index is 1.66. The predicted molar refractivity (Wildman–Crippen MR) is 95.2 cm³/mol. The molecule has 2 aromatic rings. The van der Waals surface area contributed by atoms with Crippen LogP contribution >= 0.6 is 0 Å². The Bertz CT molecular complexity index is 1030. The molecule has 3 heterocycles. The minimum absolute atomic E-state index is 0.0550. The van der Waals surface area contributed by atoms with E-state index in [0.717, 1.165) is 28.9 Å². The molecule has 4 rings (SSSR count). The average Bonchev–Trinajstić information content (AvgIpc) is 3.26. The van der Waals surface area contributed by atoms with Gasteiger partial charge in [-0.15, -0.1) is 0 Å². The van der Waals surface area contributed by atoms with Crippen LogP contribution in [0.15, 0.2) is 24.8 Å². The Kier molecular flexibility index (Phi) is 3.89. The number of sulfonamides is 1. The lowest BCUT2D eigenvalue weighted by atomic mass is 9.89. The van der Waals surface area contributed by atoms with Gasteiger partial charge >= 0.3 is 0 Å². The van der Waals surface area contributed by atoms with Crippen molar-refractivity contribution in [1.29, 1.82) is 5.26 Å². The summed E-state index contributed by atoms with van der Waals surface area (Å²) in [6.45, 7) is 2.15. The predicted octanol–water partition coefficient (Wildman–Crippen LogP) is 1.18. The normalized spacial score (nSPS) is 18.3. The van der Waals surface area contributed by atoms with Gasteiger partial charge in [0.2, 0.25) is 10.0 Å². The van der Waals surface area contributed by atoms with E-state index in [9.17, 15) is 13.7 Å². The fourth-order valence-electron chi connectivity index (χ4n) is 3.47. The Morgan fingerprint density at radius 3 is 2.88 bits per heavy atom. The lowest BCUT2D eigenvalue weighted by Crippen LogP contribution is -2.64. The molecule has 1 saturated heterocycles. The van der Waals surface area contributed by atoms with E-state index in [1.807, 2.05) is 18.3 Å². The smallest absolute Gasteiger partial charge is 0.213 e. The Morgan fingerprint density at radius 2 is 2.15 bits per heavy atom. The van der Waals surface area contributed by atoms with Crippen LogP contribution in [-0.2, 0) is 22.0 Å². The number of fused-ring (bicyclic) bond motifs is 1. The van der Waals surface area contributed by atoms with Crippen molar-refractivity contribution in [3.05, 3.63) is 36.1 Å². The summed E-state index contributed by atoms with van der Waals surface area (Å²) in [5.74, 6) is 0.0550. The van der Waals surface area contributed by atoms with Crippen molar-refractivity contribution < 1.29 is 8.42 Å². The third-order valence-electron chi connectivity index (χ3n) is 5.01. The molecule has 0 unspecified atom stereocenters. The number of hydrogen-bond acceptors (Lipinski definition) is 6. The number of rotatable bonds is 5. The second kappa shape index (κ2) is 6.00. The summed E-state index contributed by atoms with van der Waals surface area (Å²) in [6.07, 6.45) is 10.2. The molecule has 0 atom stereocenters. The van der Waals surface area contributed by atoms with E-state index in [1.54, 1.807) is 24.1 Å². The van der Waals surface area contributed by atoms with Crippen molar-refractivity contribution in [2.24, 2.45) is 0 Å². The quantitative estimate of drug-likeness (QED) is 0.783. The van der Waals surface area contributed by atoms with Crippen LogP contribution in [0.3, 0.4) is 0 Å². The minimum Gasteiger partial charge on any atom is -0.262 e. The maximum Gasteiger partial charge on any atom is 0.213 e. The molecule has 2 aromatic heterocycles. The van der Waals surface area contributed by atoms with Crippen molar-refractivity contribution in [2.75, 3.05) is 18.8 Å². The molecule has 1 fully saturated rings. The van der Waals surface area contributed by atoms with Gasteiger partial charge in [0.05, 0.1) is 35.8 Å². The summed E-state index contributed by atoms with van der Waals surface area (Å²) < 4.78 is 27.2. The molecule has 0 spiro atoms. The monoisotopic (exact) mass is 370 g/mol. The van der Waals surface area contributed by atoms with Gasteiger partial charge in [-0.25, -0.2) is 18.4 Å². The molecule has 0 radical (unpaired) electrons. The largest absolute Gasteiger partial charge is 0.262 e. The molecule has 9 heteroatoms. The van der Waals surface area contributed by atoms with E-state index in [1.165, 1.54) is 4.31 Å². The van der Waals surface area contributed by atoms with E-state index in [4.69, 9.17) is 0 Å². The zero-order valence-corrected chi connectivity index (χ0v) is 15.1. The molecule has 0 saturated carbocycles. The van der Waals surface area contributed by atoms with Gasteiger partial charge in [-0.2, -0.15) is 14.7 Å². The van der Waals surface area contributed by atoms with E-state index >= 15 is 0 Å². The van der Waals surface area contributed by atoms with Crippen LogP contribution in [0.1, 0.15) is 24.6 Å². The first-order chi connectivity index (χ1) is 12.5. The van der Waals surface area contributed by atoms with Crippen LogP contribution in [0.25, 0.3) is 17.3 Å².